The number of para-hydroxylation sites is 2. The van der Waals surface area contributed by atoms with E-state index in [0.717, 1.165) is 178 Å². The summed E-state index contributed by atoms with van der Waals surface area (Å²) in [6, 6.07) is 137. The lowest BCUT2D eigenvalue weighted by Gasteiger charge is -2.28. The van der Waals surface area contributed by atoms with E-state index in [1.165, 1.54) is 66.1 Å². The van der Waals surface area contributed by atoms with Crippen LogP contribution in [0.3, 0.4) is 0 Å². The Bertz CT molecular complexity index is 7390. The largest absolute Gasteiger partial charge is 0.456 e. The van der Waals surface area contributed by atoms with Crippen LogP contribution in [-0.4, -0.2) is 0 Å². The highest BCUT2D eigenvalue weighted by atomic mass is 16.3. The first kappa shape index (κ1) is 67.5. The average Bonchev–Trinajstić information content (AvgIpc) is 1.57. The highest BCUT2D eigenvalue weighted by Crippen LogP contribution is 2.57. The highest BCUT2D eigenvalue weighted by Gasteiger charge is 2.39. The quantitative estimate of drug-likeness (QED) is 0.121. The Hall–Kier alpha value is -15.0. The minimum atomic E-state index is -0.249. The third-order valence-corrected chi connectivity index (χ3v) is 25.6. The molecule has 0 bridgehead atoms. The summed E-state index contributed by atoms with van der Waals surface area (Å²) in [6.07, 6.45) is 0. The normalized spacial score (nSPS) is 13.2. The zero-order valence-corrected chi connectivity index (χ0v) is 65.3. The van der Waals surface area contributed by atoms with Gasteiger partial charge < -0.3 is 27.5 Å². The molecule has 0 fully saturated rings. The Morgan fingerprint density at radius 2 is 0.551 bits per heavy atom. The van der Waals surface area contributed by atoms with Crippen LogP contribution in [0.25, 0.3) is 188 Å². The zero-order chi connectivity index (χ0) is 78.2. The molecule has 0 spiro atoms. The molecule has 0 amide bonds. The Morgan fingerprint density at radius 3 is 0.983 bits per heavy atom. The van der Waals surface area contributed by atoms with Crippen molar-refractivity contribution in [3.63, 3.8) is 0 Å². The summed E-state index contributed by atoms with van der Waals surface area (Å²) in [6.45, 7) is 9.50. The average molecular weight is 1510 g/mol. The monoisotopic (exact) mass is 1510 g/mol. The van der Waals surface area contributed by atoms with E-state index in [0.29, 0.717) is 0 Å². The number of hydrogen-bond acceptors (Lipinski definition) is 6. The predicted octanol–water partition coefficient (Wildman–Crippen LogP) is 32.0. The van der Waals surface area contributed by atoms with Crippen LogP contribution < -0.4 is 9.80 Å². The van der Waals surface area contributed by atoms with Gasteiger partial charge in [-0.2, -0.15) is 0 Å². The molecule has 0 N–H and O–H groups in total. The molecule has 2 aliphatic carbocycles. The van der Waals surface area contributed by atoms with Gasteiger partial charge in [0.1, 0.15) is 45.4 Å². The van der Waals surface area contributed by atoms with Crippen molar-refractivity contribution < 1.29 is 17.7 Å². The van der Waals surface area contributed by atoms with Gasteiger partial charge in [-0.05, 0) is 267 Å². The van der Waals surface area contributed by atoms with Crippen molar-refractivity contribution in [2.75, 3.05) is 9.80 Å². The van der Waals surface area contributed by atoms with E-state index in [9.17, 15) is 0 Å². The number of furan rings is 4. The number of fused-ring (bicyclic) bond motifs is 19. The van der Waals surface area contributed by atoms with Gasteiger partial charge in [-0.3, -0.25) is 0 Å². The fraction of sp³-hybridized carbons (Fsp3) is 0.0536. The van der Waals surface area contributed by atoms with Gasteiger partial charge in [-0.1, -0.05) is 246 Å². The summed E-state index contributed by atoms with van der Waals surface area (Å²) in [5, 5.41) is 16.0. The van der Waals surface area contributed by atoms with Gasteiger partial charge in [-0.15, -0.1) is 0 Å². The van der Waals surface area contributed by atoms with Crippen LogP contribution in [0.1, 0.15) is 49.9 Å². The molecule has 24 rings (SSSR count). The second-order valence-electron chi connectivity index (χ2n) is 33.0. The van der Waals surface area contributed by atoms with Crippen molar-refractivity contribution in [2.45, 2.75) is 38.5 Å². The maximum absolute atomic E-state index is 7.32. The minimum absolute atomic E-state index is 0.249. The lowest BCUT2D eigenvalue weighted by molar-refractivity contribution is 0.631. The molecule has 0 aliphatic heterocycles. The first-order chi connectivity index (χ1) is 57.9. The molecule has 6 nitrogen and oxygen atoms in total. The van der Waals surface area contributed by atoms with Crippen LogP contribution in [0.2, 0.25) is 0 Å². The summed E-state index contributed by atoms with van der Waals surface area (Å²) in [5.41, 5.74) is 27.9. The number of rotatable bonds is 12. The van der Waals surface area contributed by atoms with Gasteiger partial charge in [0.25, 0.3) is 0 Å². The van der Waals surface area contributed by atoms with Gasteiger partial charge >= 0.3 is 0 Å². The standard InChI is InChI=1S/C112H74N2O4/c1-111(2)93-55-41-67-19-11-15-27-87(67)105(93)91-51-49-85(65-95(91)111)113(83-47-39-73-59-79(33-31-75(73)61-83)101-63-77-25-13-17-29-97(77)115-101)81-43-35-71(36-44-81)109-103(69-21-7-5-8-22-69)107-89-54-58-100-108(90(89)53-57-99(107)117-109)104(70-23-9-6-10-24-70)110(118-100)72-37-45-82(46-38-72)114(84-48-40-74-60-80(34-32-76(74)62-84)102-64-78-26-14-18-30-98(78)116-102)86-50-52-92-96(66-86)112(3,4)94-56-42-68-20-12-16-28-88(68)106(92)94/h5-66H,1-4H3. The van der Waals surface area contributed by atoms with Crippen LogP contribution in [0.5, 0.6) is 0 Å². The van der Waals surface area contributed by atoms with Crippen molar-refractivity contribution in [3.05, 3.63) is 398 Å². The summed E-state index contributed by atoms with van der Waals surface area (Å²) < 4.78 is 27.4. The minimum Gasteiger partial charge on any atom is -0.456 e. The summed E-state index contributed by atoms with van der Waals surface area (Å²) >= 11 is 0. The molecule has 6 heteroatoms. The number of nitrogens with zero attached hydrogens (tertiary/aromatic N) is 2. The maximum Gasteiger partial charge on any atom is 0.143 e. The Balaban J connectivity index is 0.624. The van der Waals surface area contributed by atoms with Crippen LogP contribution in [0, 0.1) is 0 Å². The molecule has 0 radical (unpaired) electrons. The lowest BCUT2D eigenvalue weighted by Crippen LogP contribution is -2.16. The molecule has 0 unspecified atom stereocenters. The summed E-state index contributed by atoms with van der Waals surface area (Å²) in [7, 11) is 0. The van der Waals surface area contributed by atoms with Crippen molar-refractivity contribution in [2.24, 2.45) is 0 Å². The number of hydrogen-bond donors (Lipinski definition) is 0. The SMILES string of the molecule is CC1(C)c2cc(N(c3ccc(-c4oc5ccc6c(ccc7oc(-c8ccc(N(c9ccc%10c(c9)C(C)(C)c9ccc%11ccccc%11c9-%10)c9ccc%10cc(-c%11cc%12ccccc%12o%11)ccc%10c9)cc8)c(-c8ccccc8)c76)c5c4-c4ccccc4)cc3)c3ccc4cc(-c5cc6ccccc6o5)ccc4c3)ccc2-c2c1ccc1ccccc21. The fourth-order valence-electron chi connectivity index (χ4n) is 19.8. The van der Waals surface area contributed by atoms with E-state index in [1.54, 1.807) is 0 Å². The molecule has 0 saturated heterocycles. The molecule has 2 aliphatic rings. The van der Waals surface area contributed by atoms with Crippen molar-refractivity contribution >= 4 is 132 Å². The molecule has 0 atom stereocenters. The van der Waals surface area contributed by atoms with Crippen LogP contribution in [0.4, 0.5) is 34.1 Å². The second-order valence-corrected chi connectivity index (χ2v) is 33.0. The molecule has 118 heavy (non-hydrogen) atoms. The zero-order valence-electron chi connectivity index (χ0n) is 65.3. The van der Waals surface area contributed by atoms with Crippen molar-refractivity contribution in [1.82, 2.24) is 0 Å². The molecule has 0 saturated carbocycles. The third kappa shape index (κ3) is 10.4. The van der Waals surface area contributed by atoms with E-state index in [2.05, 4.69) is 389 Å². The first-order valence-electron chi connectivity index (χ1n) is 40.7. The van der Waals surface area contributed by atoms with E-state index in [1.807, 2.05) is 24.3 Å². The van der Waals surface area contributed by atoms with Gasteiger partial charge in [0.2, 0.25) is 0 Å². The van der Waals surface area contributed by atoms with Gasteiger partial charge in [-0.25, -0.2) is 0 Å². The lowest BCUT2D eigenvalue weighted by atomic mass is 9.82. The second kappa shape index (κ2) is 25.8. The molecule has 22 aromatic rings. The molecule has 4 aromatic heterocycles. The van der Waals surface area contributed by atoms with Crippen LogP contribution in [0.15, 0.2) is 394 Å². The Kier molecular flexibility index (Phi) is 14.7. The molecule has 18 aromatic carbocycles. The maximum atomic E-state index is 7.32. The highest BCUT2D eigenvalue weighted by molar-refractivity contribution is 6.25. The van der Waals surface area contributed by atoms with Crippen LogP contribution >= 0.6 is 0 Å². The fourth-order valence-corrected chi connectivity index (χ4v) is 19.8. The van der Waals surface area contributed by atoms with Crippen molar-refractivity contribution in [1.29, 1.82) is 0 Å². The van der Waals surface area contributed by atoms with E-state index < -0.39 is 0 Å². The summed E-state index contributed by atoms with van der Waals surface area (Å²) in [5.74, 6) is 3.30. The predicted molar refractivity (Wildman–Crippen MR) is 490 cm³/mol. The van der Waals surface area contributed by atoms with E-state index >= 15 is 0 Å². The molecule has 4 heterocycles. The van der Waals surface area contributed by atoms with Crippen molar-refractivity contribution in [3.8, 4) is 89.8 Å². The topological polar surface area (TPSA) is 59.0 Å². The third-order valence-electron chi connectivity index (χ3n) is 25.6. The molecule has 556 valence electrons. The van der Waals surface area contributed by atoms with E-state index in [4.69, 9.17) is 17.7 Å². The van der Waals surface area contributed by atoms with Gasteiger partial charge in [0.05, 0.1) is 0 Å². The summed E-state index contributed by atoms with van der Waals surface area (Å²) in [4.78, 5) is 4.83. The molecular weight excluding hydrogens is 1440 g/mol. The van der Waals surface area contributed by atoms with Crippen LogP contribution in [-0.2, 0) is 10.8 Å². The van der Waals surface area contributed by atoms with Gasteiger partial charge in [0.15, 0.2) is 0 Å². The van der Waals surface area contributed by atoms with E-state index in [-0.39, 0.29) is 10.8 Å². The first-order valence-corrected chi connectivity index (χ1v) is 40.7. The number of anilines is 6. The van der Waals surface area contributed by atoms with Gasteiger partial charge in [0, 0.05) is 99.9 Å². The number of benzene rings is 18. The molecular formula is C112H74N2O4. The Labute approximate surface area is 681 Å². The smallest absolute Gasteiger partial charge is 0.143 e. The Morgan fingerprint density at radius 1 is 0.203 bits per heavy atom.